The van der Waals surface area contributed by atoms with Crippen molar-refractivity contribution in [3.63, 3.8) is 0 Å². The molecule has 1 aliphatic rings. The molecule has 0 aromatic heterocycles. The first kappa shape index (κ1) is 15.8. The summed E-state index contributed by atoms with van der Waals surface area (Å²) in [5.41, 5.74) is 9.32. The van der Waals surface area contributed by atoms with E-state index in [1.807, 2.05) is 6.07 Å². The highest BCUT2D eigenvalue weighted by atomic mass is 16.5. The summed E-state index contributed by atoms with van der Waals surface area (Å²) in [4.78, 5) is 14.2. The number of nitrogens with two attached hydrogens (primary N) is 1. The molecule has 5 nitrogen and oxygen atoms in total. The number of nitrogens with zero attached hydrogens (tertiary/aromatic N) is 1. The number of carbonyl (C=O) groups is 1. The molecular weight excluding hydrogens is 266 g/mol. The normalized spacial score (nSPS) is 13.9. The van der Waals surface area contributed by atoms with Gasteiger partial charge in [-0.05, 0) is 36.5 Å². The van der Waals surface area contributed by atoms with Gasteiger partial charge in [0.2, 0.25) is 5.91 Å². The van der Waals surface area contributed by atoms with Crippen LogP contribution >= 0.6 is 0 Å². The predicted molar refractivity (Wildman–Crippen MR) is 84.4 cm³/mol. The molecule has 0 fully saturated rings. The molecule has 0 atom stereocenters. The third-order valence-corrected chi connectivity index (χ3v) is 3.78. The standard InChI is InChI=1S/C16H25N3O2/c1-21-9-3-7-18-16(20)12-19-8-2-4-14-10-13(11-17)5-6-15(14)19/h5-6,10H,2-4,7-9,11-12,17H2,1H3,(H,18,20). The fraction of sp³-hybridized carbons (Fsp3) is 0.562. The maximum atomic E-state index is 12.0. The number of rotatable bonds is 7. The van der Waals surface area contributed by atoms with E-state index in [9.17, 15) is 4.79 Å². The Hall–Kier alpha value is -1.59. The van der Waals surface area contributed by atoms with Crippen LogP contribution in [0.2, 0.25) is 0 Å². The quantitative estimate of drug-likeness (QED) is 0.737. The van der Waals surface area contributed by atoms with Crippen molar-refractivity contribution in [1.82, 2.24) is 5.32 Å². The van der Waals surface area contributed by atoms with Gasteiger partial charge in [-0.25, -0.2) is 0 Å². The maximum Gasteiger partial charge on any atom is 0.239 e. The molecule has 1 heterocycles. The van der Waals surface area contributed by atoms with Crippen LogP contribution in [-0.4, -0.2) is 39.3 Å². The molecule has 116 valence electrons. The first-order chi connectivity index (χ1) is 10.2. The molecule has 3 N–H and O–H groups in total. The molecule has 0 radical (unpaired) electrons. The molecule has 0 spiro atoms. The van der Waals surface area contributed by atoms with Crippen molar-refractivity contribution >= 4 is 11.6 Å². The van der Waals surface area contributed by atoms with Gasteiger partial charge in [0.05, 0.1) is 6.54 Å². The number of methoxy groups -OCH3 is 1. The molecule has 0 bridgehead atoms. The summed E-state index contributed by atoms with van der Waals surface area (Å²) in [7, 11) is 1.67. The summed E-state index contributed by atoms with van der Waals surface area (Å²) in [6, 6.07) is 6.31. The summed E-state index contributed by atoms with van der Waals surface area (Å²) in [5, 5.41) is 2.94. The number of aryl methyl sites for hydroxylation is 1. The number of nitrogens with one attached hydrogen (secondary N) is 1. The van der Waals surface area contributed by atoms with Gasteiger partial charge >= 0.3 is 0 Å². The minimum absolute atomic E-state index is 0.0712. The molecule has 0 saturated heterocycles. The molecule has 5 heteroatoms. The molecule has 1 aromatic carbocycles. The van der Waals surface area contributed by atoms with Gasteiger partial charge in [-0.2, -0.15) is 0 Å². The van der Waals surface area contributed by atoms with Gasteiger partial charge in [-0.1, -0.05) is 12.1 Å². The Kier molecular flexibility index (Phi) is 6.02. The predicted octanol–water partition coefficient (Wildman–Crippen LogP) is 1.05. The Morgan fingerprint density at radius 1 is 1.48 bits per heavy atom. The van der Waals surface area contributed by atoms with E-state index < -0.39 is 0 Å². The molecule has 1 aliphatic heterocycles. The fourth-order valence-corrected chi connectivity index (χ4v) is 2.69. The van der Waals surface area contributed by atoms with E-state index in [4.69, 9.17) is 10.5 Å². The Morgan fingerprint density at radius 3 is 3.10 bits per heavy atom. The van der Waals surface area contributed by atoms with Crippen LogP contribution in [0.5, 0.6) is 0 Å². The van der Waals surface area contributed by atoms with Gasteiger partial charge in [-0.3, -0.25) is 4.79 Å². The third kappa shape index (κ3) is 4.44. The van der Waals surface area contributed by atoms with Crippen LogP contribution in [0.4, 0.5) is 5.69 Å². The van der Waals surface area contributed by atoms with Crippen molar-refractivity contribution in [2.75, 3.05) is 38.3 Å². The van der Waals surface area contributed by atoms with Gasteiger partial charge in [0.25, 0.3) is 0 Å². The highest BCUT2D eigenvalue weighted by molar-refractivity contribution is 5.81. The van der Waals surface area contributed by atoms with E-state index in [0.717, 1.165) is 31.4 Å². The molecule has 0 saturated carbocycles. The smallest absolute Gasteiger partial charge is 0.239 e. The van der Waals surface area contributed by atoms with Crippen LogP contribution in [0.1, 0.15) is 24.0 Å². The Bertz CT molecular complexity index is 477. The highest BCUT2D eigenvalue weighted by Crippen LogP contribution is 2.27. The molecule has 0 unspecified atom stereocenters. The number of anilines is 1. The van der Waals surface area contributed by atoms with E-state index in [2.05, 4.69) is 22.3 Å². The molecule has 21 heavy (non-hydrogen) atoms. The lowest BCUT2D eigenvalue weighted by molar-refractivity contribution is -0.119. The van der Waals surface area contributed by atoms with E-state index in [-0.39, 0.29) is 5.91 Å². The van der Waals surface area contributed by atoms with Crippen LogP contribution < -0.4 is 16.0 Å². The highest BCUT2D eigenvalue weighted by Gasteiger charge is 2.19. The zero-order chi connectivity index (χ0) is 15.1. The number of ether oxygens (including phenoxy) is 1. The zero-order valence-corrected chi connectivity index (χ0v) is 12.7. The minimum Gasteiger partial charge on any atom is -0.385 e. The number of hydrogen-bond acceptors (Lipinski definition) is 4. The summed E-state index contributed by atoms with van der Waals surface area (Å²) in [6.45, 7) is 3.25. The summed E-state index contributed by atoms with van der Waals surface area (Å²) in [6.07, 6.45) is 2.99. The average molecular weight is 291 g/mol. The first-order valence-electron chi connectivity index (χ1n) is 7.57. The van der Waals surface area contributed by atoms with Crippen LogP contribution in [0.15, 0.2) is 18.2 Å². The average Bonchev–Trinajstić information content (AvgIpc) is 2.51. The number of benzene rings is 1. The van der Waals surface area contributed by atoms with Crippen molar-refractivity contribution in [2.45, 2.75) is 25.8 Å². The Balaban J connectivity index is 1.92. The summed E-state index contributed by atoms with van der Waals surface area (Å²) in [5.74, 6) is 0.0712. The number of fused-ring (bicyclic) bond motifs is 1. The van der Waals surface area contributed by atoms with Gasteiger partial charge < -0.3 is 20.7 Å². The van der Waals surface area contributed by atoms with Crippen molar-refractivity contribution in [3.8, 4) is 0 Å². The Morgan fingerprint density at radius 2 is 2.33 bits per heavy atom. The molecule has 0 aliphatic carbocycles. The molecule has 1 aromatic rings. The van der Waals surface area contributed by atoms with Crippen molar-refractivity contribution in [1.29, 1.82) is 0 Å². The van der Waals surface area contributed by atoms with Gasteiger partial charge in [0.1, 0.15) is 0 Å². The van der Waals surface area contributed by atoms with Gasteiger partial charge in [0, 0.05) is 39.0 Å². The lowest BCUT2D eigenvalue weighted by Crippen LogP contribution is -2.40. The fourth-order valence-electron chi connectivity index (χ4n) is 2.69. The van der Waals surface area contributed by atoms with Crippen LogP contribution in [0.3, 0.4) is 0 Å². The first-order valence-corrected chi connectivity index (χ1v) is 7.57. The summed E-state index contributed by atoms with van der Waals surface area (Å²) >= 11 is 0. The lowest BCUT2D eigenvalue weighted by atomic mass is 9.99. The van der Waals surface area contributed by atoms with Crippen molar-refractivity contribution in [3.05, 3.63) is 29.3 Å². The van der Waals surface area contributed by atoms with Gasteiger partial charge in [0.15, 0.2) is 0 Å². The van der Waals surface area contributed by atoms with Gasteiger partial charge in [-0.15, -0.1) is 0 Å². The van der Waals surface area contributed by atoms with Crippen LogP contribution in [-0.2, 0) is 22.5 Å². The van der Waals surface area contributed by atoms with Crippen LogP contribution in [0, 0.1) is 0 Å². The largest absolute Gasteiger partial charge is 0.385 e. The third-order valence-electron chi connectivity index (χ3n) is 3.78. The lowest BCUT2D eigenvalue weighted by Gasteiger charge is -2.31. The second kappa shape index (κ2) is 8.00. The molecular formula is C16H25N3O2. The number of amides is 1. The summed E-state index contributed by atoms with van der Waals surface area (Å²) < 4.78 is 4.97. The maximum absolute atomic E-state index is 12.0. The number of hydrogen-bond donors (Lipinski definition) is 2. The van der Waals surface area contributed by atoms with E-state index in [1.54, 1.807) is 7.11 Å². The monoisotopic (exact) mass is 291 g/mol. The number of carbonyl (C=O) groups excluding carboxylic acids is 1. The second-order valence-electron chi connectivity index (χ2n) is 5.39. The van der Waals surface area contributed by atoms with Crippen LogP contribution in [0.25, 0.3) is 0 Å². The Labute approximate surface area is 126 Å². The van der Waals surface area contributed by atoms with Crippen molar-refractivity contribution < 1.29 is 9.53 Å². The SMILES string of the molecule is COCCCNC(=O)CN1CCCc2cc(CN)ccc21. The van der Waals surface area contributed by atoms with E-state index in [1.165, 1.54) is 11.3 Å². The molecule has 2 rings (SSSR count). The van der Waals surface area contributed by atoms with E-state index >= 15 is 0 Å². The second-order valence-corrected chi connectivity index (χ2v) is 5.39. The van der Waals surface area contributed by atoms with Crippen molar-refractivity contribution in [2.24, 2.45) is 5.73 Å². The zero-order valence-electron chi connectivity index (χ0n) is 12.7. The topological polar surface area (TPSA) is 67.6 Å². The van der Waals surface area contributed by atoms with E-state index in [0.29, 0.717) is 26.2 Å². The minimum atomic E-state index is 0.0712. The molecule has 1 amide bonds.